The van der Waals surface area contributed by atoms with Crippen LogP contribution in [0.4, 0.5) is 0 Å². The second-order valence-electron chi connectivity index (χ2n) is 5.20. The van der Waals surface area contributed by atoms with Gasteiger partial charge in [0.15, 0.2) is 0 Å². The third-order valence-electron chi connectivity index (χ3n) is 3.66. The lowest BCUT2D eigenvalue weighted by molar-refractivity contribution is 0.132. The lowest BCUT2D eigenvalue weighted by atomic mass is 9.88. The Morgan fingerprint density at radius 3 is 2.72 bits per heavy atom. The van der Waals surface area contributed by atoms with E-state index in [-0.39, 0.29) is 18.1 Å². The molecular formula is C15H25NO2. The Morgan fingerprint density at radius 2 is 2.17 bits per heavy atom. The van der Waals surface area contributed by atoms with Crippen molar-refractivity contribution in [2.45, 2.75) is 33.2 Å². The third kappa shape index (κ3) is 4.00. The molecule has 0 amide bonds. The molecule has 0 fully saturated rings. The van der Waals surface area contributed by atoms with Crippen LogP contribution in [0.5, 0.6) is 5.75 Å². The van der Waals surface area contributed by atoms with Crippen LogP contribution in [0, 0.1) is 5.41 Å². The molecular weight excluding hydrogens is 226 g/mol. The first kappa shape index (κ1) is 15.0. The Balaban J connectivity index is 2.62. The molecule has 0 heterocycles. The van der Waals surface area contributed by atoms with Crippen LogP contribution in [0.25, 0.3) is 0 Å². The van der Waals surface area contributed by atoms with E-state index < -0.39 is 0 Å². The van der Waals surface area contributed by atoms with Crippen LogP contribution in [-0.4, -0.2) is 25.4 Å². The number of nitrogens with one attached hydrogen (secondary N) is 1. The fraction of sp³-hybridized carbons (Fsp3) is 0.600. The number of hydrogen-bond acceptors (Lipinski definition) is 3. The smallest absolute Gasteiger partial charge is 0.119 e. The Bertz CT molecular complexity index is 361. The molecule has 1 aromatic carbocycles. The van der Waals surface area contributed by atoms with Gasteiger partial charge in [-0.05, 0) is 31.0 Å². The van der Waals surface area contributed by atoms with E-state index in [1.165, 1.54) is 5.56 Å². The van der Waals surface area contributed by atoms with E-state index in [0.29, 0.717) is 0 Å². The van der Waals surface area contributed by atoms with Crippen molar-refractivity contribution in [2.24, 2.45) is 5.41 Å². The molecule has 3 heteroatoms. The molecule has 0 aromatic heterocycles. The summed E-state index contributed by atoms with van der Waals surface area (Å²) in [6.45, 7) is 7.34. The number of ether oxygens (including phenoxy) is 1. The number of aliphatic hydroxyl groups is 1. The summed E-state index contributed by atoms with van der Waals surface area (Å²) >= 11 is 0. The summed E-state index contributed by atoms with van der Waals surface area (Å²) in [6.07, 6.45) is 0.960. The highest BCUT2D eigenvalue weighted by Crippen LogP contribution is 2.22. The fourth-order valence-corrected chi connectivity index (χ4v) is 1.72. The van der Waals surface area contributed by atoms with Crippen LogP contribution in [-0.2, 0) is 0 Å². The summed E-state index contributed by atoms with van der Waals surface area (Å²) in [6, 6.07) is 8.32. The van der Waals surface area contributed by atoms with E-state index in [4.69, 9.17) is 4.74 Å². The average molecular weight is 251 g/mol. The van der Waals surface area contributed by atoms with Crippen LogP contribution in [0.2, 0.25) is 0 Å². The molecule has 0 aliphatic carbocycles. The SMILES string of the molecule is CCC(C)(CO)CNC(C)c1cccc(OC)c1. The van der Waals surface area contributed by atoms with Gasteiger partial charge in [0.2, 0.25) is 0 Å². The molecule has 1 rings (SSSR count). The van der Waals surface area contributed by atoms with Gasteiger partial charge in [-0.15, -0.1) is 0 Å². The Labute approximate surface area is 110 Å². The van der Waals surface area contributed by atoms with E-state index in [1.54, 1.807) is 7.11 Å². The average Bonchev–Trinajstić information content (AvgIpc) is 2.44. The van der Waals surface area contributed by atoms with E-state index in [1.807, 2.05) is 18.2 Å². The van der Waals surface area contributed by atoms with Gasteiger partial charge in [-0.3, -0.25) is 0 Å². The Kier molecular flexibility index (Phi) is 5.63. The molecule has 0 bridgehead atoms. The van der Waals surface area contributed by atoms with Gasteiger partial charge in [-0.25, -0.2) is 0 Å². The first-order valence-corrected chi connectivity index (χ1v) is 6.53. The standard InChI is InChI=1S/C15H25NO2/c1-5-15(3,11-17)10-16-12(2)13-7-6-8-14(9-13)18-4/h6-9,12,16-17H,5,10-11H2,1-4H3. The molecule has 1 aromatic rings. The maximum absolute atomic E-state index is 9.39. The van der Waals surface area contributed by atoms with Crippen LogP contribution in [0.3, 0.4) is 0 Å². The molecule has 2 N–H and O–H groups in total. The van der Waals surface area contributed by atoms with Crippen LogP contribution >= 0.6 is 0 Å². The quantitative estimate of drug-likeness (QED) is 0.783. The lowest BCUT2D eigenvalue weighted by Crippen LogP contribution is -2.35. The summed E-state index contributed by atoms with van der Waals surface area (Å²) in [5, 5.41) is 12.9. The van der Waals surface area contributed by atoms with Gasteiger partial charge < -0.3 is 15.2 Å². The van der Waals surface area contributed by atoms with Crippen LogP contribution in [0.15, 0.2) is 24.3 Å². The number of rotatable bonds is 7. The molecule has 0 aliphatic heterocycles. The van der Waals surface area contributed by atoms with Crippen molar-refractivity contribution < 1.29 is 9.84 Å². The van der Waals surface area contributed by atoms with E-state index in [2.05, 4.69) is 32.2 Å². The minimum Gasteiger partial charge on any atom is -0.497 e. The second kappa shape index (κ2) is 6.76. The van der Waals surface area contributed by atoms with E-state index in [0.717, 1.165) is 18.7 Å². The molecule has 3 nitrogen and oxygen atoms in total. The third-order valence-corrected chi connectivity index (χ3v) is 3.66. The molecule has 0 saturated heterocycles. The lowest BCUT2D eigenvalue weighted by Gasteiger charge is -2.28. The molecule has 0 spiro atoms. The van der Waals surface area contributed by atoms with Crippen LogP contribution < -0.4 is 10.1 Å². The van der Waals surface area contributed by atoms with Crippen molar-refractivity contribution in [3.05, 3.63) is 29.8 Å². The van der Waals surface area contributed by atoms with Gasteiger partial charge in [0.1, 0.15) is 5.75 Å². The first-order chi connectivity index (χ1) is 8.54. The first-order valence-electron chi connectivity index (χ1n) is 6.53. The van der Waals surface area contributed by atoms with Crippen molar-refractivity contribution in [3.63, 3.8) is 0 Å². The van der Waals surface area contributed by atoms with E-state index >= 15 is 0 Å². The fourth-order valence-electron chi connectivity index (χ4n) is 1.72. The number of benzene rings is 1. The van der Waals surface area contributed by atoms with Gasteiger partial charge in [0.05, 0.1) is 7.11 Å². The molecule has 0 radical (unpaired) electrons. The van der Waals surface area contributed by atoms with Crippen LogP contribution in [0.1, 0.15) is 38.8 Å². The minimum absolute atomic E-state index is 0.0485. The normalized spacial score (nSPS) is 16.1. The zero-order valence-electron chi connectivity index (χ0n) is 11.9. The molecule has 2 unspecified atom stereocenters. The Hall–Kier alpha value is -1.06. The molecule has 2 atom stereocenters. The van der Waals surface area contributed by atoms with Crippen molar-refractivity contribution in [1.82, 2.24) is 5.32 Å². The molecule has 18 heavy (non-hydrogen) atoms. The second-order valence-corrected chi connectivity index (χ2v) is 5.20. The minimum atomic E-state index is -0.0485. The van der Waals surface area contributed by atoms with Gasteiger partial charge >= 0.3 is 0 Å². The van der Waals surface area contributed by atoms with Gasteiger partial charge in [-0.2, -0.15) is 0 Å². The largest absolute Gasteiger partial charge is 0.497 e. The summed E-state index contributed by atoms with van der Waals surface area (Å²) in [4.78, 5) is 0. The number of methoxy groups -OCH3 is 1. The van der Waals surface area contributed by atoms with Gasteiger partial charge in [0, 0.05) is 24.6 Å². The van der Waals surface area contributed by atoms with Crippen molar-refractivity contribution in [2.75, 3.05) is 20.3 Å². The summed E-state index contributed by atoms with van der Waals surface area (Å²) in [5.74, 6) is 0.876. The zero-order valence-corrected chi connectivity index (χ0v) is 11.9. The topological polar surface area (TPSA) is 41.5 Å². The highest BCUT2D eigenvalue weighted by atomic mass is 16.5. The van der Waals surface area contributed by atoms with Crippen molar-refractivity contribution >= 4 is 0 Å². The number of aliphatic hydroxyl groups excluding tert-OH is 1. The number of hydrogen-bond donors (Lipinski definition) is 2. The maximum atomic E-state index is 9.39. The van der Waals surface area contributed by atoms with E-state index in [9.17, 15) is 5.11 Å². The Morgan fingerprint density at radius 1 is 1.44 bits per heavy atom. The maximum Gasteiger partial charge on any atom is 0.119 e. The molecule has 0 aliphatic rings. The van der Waals surface area contributed by atoms with Crippen molar-refractivity contribution in [1.29, 1.82) is 0 Å². The monoisotopic (exact) mass is 251 g/mol. The molecule has 102 valence electrons. The predicted molar refractivity (Wildman–Crippen MR) is 74.9 cm³/mol. The van der Waals surface area contributed by atoms with Gasteiger partial charge in [0.25, 0.3) is 0 Å². The summed E-state index contributed by atoms with van der Waals surface area (Å²) in [7, 11) is 1.68. The predicted octanol–water partition coefficient (Wildman–Crippen LogP) is 2.75. The molecule has 0 saturated carbocycles. The summed E-state index contributed by atoms with van der Waals surface area (Å²) in [5.41, 5.74) is 1.15. The zero-order chi connectivity index (χ0) is 13.6. The van der Waals surface area contributed by atoms with Gasteiger partial charge in [-0.1, -0.05) is 26.0 Å². The summed E-state index contributed by atoms with van der Waals surface area (Å²) < 4.78 is 5.22. The highest BCUT2D eigenvalue weighted by Gasteiger charge is 2.21. The highest BCUT2D eigenvalue weighted by molar-refractivity contribution is 5.30. The van der Waals surface area contributed by atoms with Crippen molar-refractivity contribution in [3.8, 4) is 5.75 Å².